The highest BCUT2D eigenvalue weighted by Gasteiger charge is 2.25. The molecule has 0 aromatic carbocycles. The molecule has 0 bridgehead atoms. The van der Waals surface area contributed by atoms with Crippen LogP contribution in [0.5, 0.6) is 0 Å². The van der Waals surface area contributed by atoms with Gasteiger partial charge in [-0.05, 0) is 69.3 Å². The van der Waals surface area contributed by atoms with Crippen molar-refractivity contribution >= 4 is 0 Å². The quantitative estimate of drug-likeness (QED) is 0.221. The molecule has 0 heterocycles. The molecule has 0 saturated carbocycles. The van der Waals surface area contributed by atoms with Crippen LogP contribution in [0.4, 0.5) is 0 Å². The standard InChI is InChI=1S/C27H48O2/c1-7-9-10-13-21(3)14-11-15-22(4)16-12-17-26(20-28)29-27-24(6)23(5)18-19-25(27)8-2/h14,18-19,22-24,26,28H,7-13,15-17,20H2,1-6H3. The number of ether oxygens (including phenoxy) is 1. The Morgan fingerprint density at radius 2 is 1.90 bits per heavy atom. The molecular weight excluding hydrogens is 356 g/mol. The van der Waals surface area contributed by atoms with E-state index in [-0.39, 0.29) is 12.7 Å². The minimum atomic E-state index is -0.0689. The Morgan fingerprint density at radius 1 is 1.14 bits per heavy atom. The van der Waals surface area contributed by atoms with E-state index in [2.05, 4.69) is 59.8 Å². The van der Waals surface area contributed by atoms with E-state index in [9.17, 15) is 5.11 Å². The second kappa shape index (κ2) is 14.9. The molecule has 0 aromatic heterocycles. The van der Waals surface area contributed by atoms with Gasteiger partial charge in [-0.3, -0.25) is 0 Å². The summed E-state index contributed by atoms with van der Waals surface area (Å²) in [5.74, 6) is 2.74. The zero-order chi connectivity index (χ0) is 21.6. The number of rotatable bonds is 15. The minimum absolute atomic E-state index is 0.0689. The first-order chi connectivity index (χ1) is 13.9. The molecule has 4 atom stereocenters. The van der Waals surface area contributed by atoms with Crippen molar-refractivity contribution in [1.29, 1.82) is 0 Å². The van der Waals surface area contributed by atoms with Crippen molar-refractivity contribution in [2.24, 2.45) is 17.8 Å². The van der Waals surface area contributed by atoms with Crippen LogP contribution in [0.2, 0.25) is 0 Å². The van der Waals surface area contributed by atoms with Crippen molar-refractivity contribution in [2.75, 3.05) is 6.61 Å². The Morgan fingerprint density at radius 3 is 2.55 bits per heavy atom. The molecule has 168 valence electrons. The zero-order valence-corrected chi connectivity index (χ0v) is 20.2. The Bertz CT molecular complexity index is 529. The lowest BCUT2D eigenvalue weighted by atomic mass is 9.85. The molecule has 1 aliphatic carbocycles. The first-order valence-corrected chi connectivity index (χ1v) is 12.3. The maximum Gasteiger partial charge on any atom is 0.121 e. The van der Waals surface area contributed by atoms with Crippen LogP contribution >= 0.6 is 0 Å². The van der Waals surface area contributed by atoms with Crippen LogP contribution in [0.1, 0.15) is 106 Å². The maximum atomic E-state index is 9.85. The van der Waals surface area contributed by atoms with Gasteiger partial charge in [0.05, 0.1) is 6.61 Å². The Hall–Kier alpha value is -1.02. The molecule has 4 unspecified atom stereocenters. The fraction of sp³-hybridized carbons (Fsp3) is 0.778. The molecule has 1 N–H and O–H groups in total. The van der Waals surface area contributed by atoms with Crippen LogP contribution in [0.25, 0.3) is 0 Å². The molecule has 0 amide bonds. The van der Waals surface area contributed by atoms with Crippen LogP contribution in [-0.2, 0) is 4.74 Å². The largest absolute Gasteiger partial charge is 0.492 e. The van der Waals surface area contributed by atoms with Crippen LogP contribution < -0.4 is 0 Å². The molecule has 0 fully saturated rings. The van der Waals surface area contributed by atoms with Gasteiger partial charge >= 0.3 is 0 Å². The first-order valence-electron chi connectivity index (χ1n) is 12.3. The number of aliphatic hydroxyl groups excluding tert-OH is 1. The third kappa shape index (κ3) is 10.0. The van der Waals surface area contributed by atoms with Gasteiger partial charge in [-0.25, -0.2) is 0 Å². The van der Waals surface area contributed by atoms with Crippen LogP contribution in [-0.4, -0.2) is 17.8 Å². The SMILES string of the molecule is CCCCCC(C)=CCCC(C)CCCC(CO)OC1=C(CC)C=CC(C)C1C. The van der Waals surface area contributed by atoms with Crippen molar-refractivity contribution < 1.29 is 9.84 Å². The minimum Gasteiger partial charge on any atom is -0.492 e. The lowest BCUT2D eigenvalue weighted by molar-refractivity contribution is 0.0318. The van der Waals surface area contributed by atoms with Gasteiger partial charge in [-0.1, -0.05) is 77.7 Å². The van der Waals surface area contributed by atoms with E-state index in [0.29, 0.717) is 11.8 Å². The fourth-order valence-electron chi connectivity index (χ4n) is 4.10. The summed E-state index contributed by atoms with van der Waals surface area (Å²) in [5.41, 5.74) is 2.85. The summed E-state index contributed by atoms with van der Waals surface area (Å²) in [6.07, 6.45) is 18.9. The number of unbranched alkanes of at least 4 members (excludes halogenated alkanes) is 2. The molecule has 0 saturated heterocycles. The third-order valence-electron chi connectivity index (χ3n) is 6.55. The molecule has 29 heavy (non-hydrogen) atoms. The van der Waals surface area contributed by atoms with E-state index < -0.39 is 0 Å². The fourth-order valence-corrected chi connectivity index (χ4v) is 4.10. The number of allylic oxidation sites excluding steroid dienone is 6. The highest BCUT2D eigenvalue weighted by molar-refractivity contribution is 5.29. The topological polar surface area (TPSA) is 29.5 Å². The van der Waals surface area contributed by atoms with Gasteiger partial charge in [0.15, 0.2) is 0 Å². The van der Waals surface area contributed by atoms with Gasteiger partial charge in [-0.2, -0.15) is 0 Å². The highest BCUT2D eigenvalue weighted by Crippen LogP contribution is 2.33. The Labute approximate surface area is 181 Å². The predicted octanol–water partition coefficient (Wildman–Crippen LogP) is 7.98. The average molecular weight is 405 g/mol. The highest BCUT2D eigenvalue weighted by atomic mass is 16.5. The van der Waals surface area contributed by atoms with Crippen molar-refractivity contribution in [3.63, 3.8) is 0 Å². The summed E-state index contributed by atoms with van der Waals surface area (Å²) in [7, 11) is 0. The molecular formula is C27H48O2. The van der Waals surface area contributed by atoms with E-state index in [1.54, 1.807) is 5.57 Å². The Balaban J connectivity index is 2.36. The summed E-state index contributed by atoms with van der Waals surface area (Å²) < 4.78 is 6.34. The predicted molar refractivity (Wildman–Crippen MR) is 127 cm³/mol. The van der Waals surface area contributed by atoms with Gasteiger partial charge in [0.1, 0.15) is 11.9 Å². The molecule has 0 aliphatic heterocycles. The van der Waals surface area contributed by atoms with Gasteiger partial charge in [-0.15, -0.1) is 0 Å². The van der Waals surface area contributed by atoms with E-state index in [1.165, 1.54) is 50.5 Å². The molecule has 1 rings (SSSR count). The van der Waals surface area contributed by atoms with Gasteiger partial charge in [0.2, 0.25) is 0 Å². The van der Waals surface area contributed by atoms with Gasteiger partial charge in [0, 0.05) is 5.92 Å². The normalized spacial score (nSPS) is 22.1. The van der Waals surface area contributed by atoms with Crippen molar-refractivity contribution in [1.82, 2.24) is 0 Å². The average Bonchev–Trinajstić information content (AvgIpc) is 2.70. The summed E-state index contributed by atoms with van der Waals surface area (Å²) in [6, 6.07) is 0. The smallest absolute Gasteiger partial charge is 0.121 e. The molecule has 2 nitrogen and oxygen atoms in total. The second-order valence-corrected chi connectivity index (χ2v) is 9.29. The van der Waals surface area contributed by atoms with E-state index in [4.69, 9.17) is 4.74 Å². The number of aliphatic hydroxyl groups is 1. The van der Waals surface area contributed by atoms with E-state index >= 15 is 0 Å². The number of hydrogen-bond donors (Lipinski definition) is 1. The van der Waals surface area contributed by atoms with Crippen molar-refractivity contribution in [2.45, 2.75) is 112 Å². The van der Waals surface area contributed by atoms with Gasteiger partial charge < -0.3 is 9.84 Å². The zero-order valence-electron chi connectivity index (χ0n) is 20.2. The summed E-state index contributed by atoms with van der Waals surface area (Å²) in [4.78, 5) is 0. The maximum absolute atomic E-state index is 9.85. The molecule has 1 aliphatic rings. The van der Waals surface area contributed by atoms with Gasteiger partial charge in [0.25, 0.3) is 0 Å². The first kappa shape index (κ1) is 26.0. The summed E-state index contributed by atoms with van der Waals surface area (Å²) in [5, 5.41) is 9.85. The Kier molecular flexibility index (Phi) is 13.4. The lowest BCUT2D eigenvalue weighted by Crippen LogP contribution is -2.24. The van der Waals surface area contributed by atoms with E-state index in [0.717, 1.165) is 30.9 Å². The molecule has 2 heteroatoms. The van der Waals surface area contributed by atoms with Crippen LogP contribution in [0, 0.1) is 17.8 Å². The number of hydrogen-bond acceptors (Lipinski definition) is 2. The molecule has 0 radical (unpaired) electrons. The lowest BCUT2D eigenvalue weighted by Gasteiger charge is -2.30. The van der Waals surface area contributed by atoms with Crippen molar-refractivity contribution in [3.05, 3.63) is 35.1 Å². The second-order valence-electron chi connectivity index (χ2n) is 9.29. The monoisotopic (exact) mass is 404 g/mol. The summed E-state index contributed by atoms with van der Waals surface area (Å²) >= 11 is 0. The van der Waals surface area contributed by atoms with Crippen LogP contribution in [0.15, 0.2) is 35.1 Å². The molecule has 0 spiro atoms. The summed E-state index contributed by atoms with van der Waals surface area (Å²) in [6.45, 7) is 13.7. The van der Waals surface area contributed by atoms with Crippen LogP contribution in [0.3, 0.4) is 0 Å². The third-order valence-corrected chi connectivity index (χ3v) is 6.55. The van der Waals surface area contributed by atoms with E-state index in [1.807, 2.05) is 0 Å². The molecule has 0 aromatic rings. The van der Waals surface area contributed by atoms with Crippen molar-refractivity contribution in [3.8, 4) is 0 Å².